The predicted molar refractivity (Wildman–Crippen MR) is 180 cm³/mol. The first kappa shape index (κ1) is 31.9. The molecule has 0 unspecified atom stereocenters. The van der Waals surface area contributed by atoms with E-state index in [-0.39, 0.29) is 29.3 Å². The molecule has 250 valence electrons. The van der Waals surface area contributed by atoms with Crippen LogP contribution in [0.3, 0.4) is 0 Å². The molecule has 49 heavy (non-hydrogen) atoms. The molecular formula is C35H32F3N9O2. The van der Waals surface area contributed by atoms with Crippen LogP contribution >= 0.6 is 0 Å². The fraction of sp³-hybridized carbons (Fsp3) is 0.257. The van der Waals surface area contributed by atoms with Gasteiger partial charge in [0.2, 0.25) is 5.95 Å². The number of aryl methyl sites for hydroxylation is 1. The van der Waals surface area contributed by atoms with Crippen molar-refractivity contribution in [2.45, 2.75) is 38.5 Å². The van der Waals surface area contributed by atoms with Crippen LogP contribution in [0, 0.1) is 6.92 Å². The van der Waals surface area contributed by atoms with Crippen LogP contribution in [0.25, 0.3) is 33.7 Å². The Hall–Kier alpha value is -5.63. The first-order valence-electron chi connectivity index (χ1n) is 15.7. The summed E-state index contributed by atoms with van der Waals surface area (Å²) in [6.45, 7) is 3.31. The summed E-state index contributed by atoms with van der Waals surface area (Å²) in [5.74, 6) is 0.494. The summed E-state index contributed by atoms with van der Waals surface area (Å²) >= 11 is 0. The van der Waals surface area contributed by atoms with Gasteiger partial charge >= 0.3 is 6.18 Å². The molecule has 2 aromatic carbocycles. The van der Waals surface area contributed by atoms with Crippen molar-refractivity contribution < 1.29 is 17.6 Å². The molecule has 11 nitrogen and oxygen atoms in total. The number of pyridine rings is 1. The molecule has 0 saturated carbocycles. The van der Waals surface area contributed by atoms with Crippen LogP contribution in [0.5, 0.6) is 0 Å². The minimum Gasteiger partial charge on any atom is -0.451 e. The number of nitrogens with zero attached hydrogens (tertiary/aromatic N) is 7. The lowest BCUT2D eigenvalue weighted by Crippen LogP contribution is -2.41. The Morgan fingerprint density at radius 3 is 2.49 bits per heavy atom. The van der Waals surface area contributed by atoms with E-state index >= 15 is 0 Å². The van der Waals surface area contributed by atoms with Gasteiger partial charge in [0.15, 0.2) is 12.2 Å². The second-order valence-corrected chi connectivity index (χ2v) is 11.9. The van der Waals surface area contributed by atoms with E-state index in [1.807, 2.05) is 24.3 Å². The molecule has 6 aromatic rings. The molecule has 4 aromatic heterocycles. The molecule has 1 saturated heterocycles. The van der Waals surface area contributed by atoms with Gasteiger partial charge in [0.05, 0.1) is 17.7 Å². The Morgan fingerprint density at radius 1 is 1.00 bits per heavy atom. The number of fused-ring (bicyclic) bond motifs is 1. The maximum Gasteiger partial charge on any atom is 0.416 e. The van der Waals surface area contributed by atoms with Gasteiger partial charge < -0.3 is 20.0 Å². The van der Waals surface area contributed by atoms with Crippen molar-refractivity contribution in [2.75, 3.05) is 30.4 Å². The zero-order chi connectivity index (χ0) is 34.1. The number of oxazole rings is 1. The first-order valence-corrected chi connectivity index (χ1v) is 15.7. The van der Waals surface area contributed by atoms with E-state index in [1.165, 1.54) is 41.6 Å². The Balaban J connectivity index is 1.28. The molecule has 0 bridgehead atoms. The second-order valence-electron chi connectivity index (χ2n) is 11.9. The Kier molecular flexibility index (Phi) is 8.55. The van der Waals surface area contributed by atoms with Crippen molar-refractivity contribution in [2.24, 2.45) is 0 Å². The summed E-state index contributed by atoms with van der Waals surface area (Å²) in [6, 6.07) is 15.1. The number of piperidine rings is 1. The van der Waals surface area contributed by atoms with E-state index in [1.54, 1.807) is 19.2 Å². The maximum absolute atomic E-state index is 14.2. The van der Waals surface area contributed by atoms with Gasteiger partial charge in [-0.15, -0.1) is 0 Å². The number of nitrogens with one attached hydrogen (secondary N) is 2. The summed E-state index contributed by atoms with van der Waals surface area (Å²) < 4.78 is 48.4. The van der Waals surface area contributed by atoms with E-state index in [4.69, 9.17) is 4.42 Å². The van der Waals surface area contributed by atoms with Crippen LogP contribution in [-0.4, -0.2) is 55.7 Å². The van der Waals surface area contributed by atoms with Crippen LogP contribution in [0.4, 0.5) is 30.5 Å². The number of alkyl halides is 3. The van der Waals surface area contributed by atoms with Gasteiger partial charge in [-0.05, 0) is 74.8 Å². The van der Waals surface area contributed by atoms with Crippen LogP contribution in [0.1, 0.15) is 29.7 Å². The van der Waals surface area contributed by atoms with Crippen molar-refractivity contribution in [3.8, 4) is 22.6 Å². The highest BCUT2D eigenvalue weighted by Crippen LogP contribution is 2.33. The molecule has 1 aliphatic rings. The molecule has 0 amide bonds. The Morgan fingerprint density at radius 2 is 1.78 bits per heavy atom. The molecular weight excluding hydrogens is 635 g/mol. The highest BCUT2D eigenvalue weighted by Gasteiger charge is 2.33. The van der Waals surface area contributed by atoms with E-state index < -0.39 is 17.3 Å². The molecule has 5 heterocycles. The number of hydrogen-bond donors (Lipinski definition) is 2. The van der Waals surface area contributed by atoms with Gasteiger partial charge in [0.1, 0.15) is 17.6 Å². The summed E-state index contributed by atoms with van der Waals surface area (Å²) in [5.41, 5.74) is 2.00. The summed E-state index contributed by atoms with van der Waals surface area (Å²) in [4.78, 5) is 38.6. The number of rotatable bonds is 8. The standard InChI is InChI=1S/C35H32F3N9O2/c1-21-28(17-40-31(43-21)30-19-49-20-42-30)27-15-23-16-41-34(44-24-7-9-25(10-8-24)46(2)26-11-13-39-14-12-26)45-32(23)47(33(27)48)18-22-5-3-4-6-29(22)35(36,37)38/h3-10,15-17,19-20,26,39H,11-14,18H2,1-2H3,(H,41,44,45). The van der Waals surface area contributed by atoms with Crippen molar-refractivity contribution in [1.82, 2.24) is 34.8 Å². The lowest BCUT2D eigenvalue weighted by Gasteiger charge is -2.33. The van der Waals surface area contributed by atoms with Crippen LogP contribution in [0.15, 0.2) is 88.9 Å². The lowest BCUT2D eigenvalue weighted by atomic mass is 10.0. The van der Waals surface area contributed by atoms with Crippen molar-refractivity contribution in [1.29, 1.82) is 0 Å². The molecule has 0 atom stereocenters. The average molecular weight is 668 g/mol. The van der Waals surface area contributed by atoms with Crippen molar-refractivity contribution >= 4 is 28.4 Å². The molecule has 14 heteroatoms. The largest absolute Gasteiger partial charge is 0.451 e. The fourth-order valence-corrected chi connectivity index (χ4v) is 6.16. The average Bonchev–Trinajstić information content (AvgIpc) is 3.65. The number of hydrogen-bond acceptors (Lipinski definition) is 10. The Labute approximate surface area is 278 Å². The topological polar surface area (TPSA) is 127 Å². The summed E-state index contributed by atoms with van der Waals surface area (Å²) in [6.07, 6.45) is 3.21. The van der Waals surface area contributed by atoms with E-state index in [0.717, 1.165) is 43.4 Å². The Bertz CT molecular complexity index is 2160. The van der Waals surface area contributed by atoms with E-state index in [0.29, 0.717) is 34.2 Å². The molecule has 2 N–H and O–H groups in total. The van der Waals surface area contributed by atoms with Gasteiger partial charge in [-0.1, -0.05) is 18.2 Å². The molecule has 1 fully saturated rings. The highest BCUT2D eigenvalue weighted by atomic mass is 19.4. The lowest BCUT2D eigenvalue weighted by molar-refractivity contribution is -0.138. The van der Waals surface area contributed by atoms with Crippen LogP contribution < -0.4 is 21.1 Å². The van der Waals surface area contributed by atoms with Crippen molar-refractivity contribution in [3.05, 3.63) is 107 Å². The van der Waals surface area contributed by atoms with Gasteiger partial charge in [0.25, 0.3) is 5.56 Å². The second kappa shape index (κ2) is 13.1. The SMILES string of the molecule is Cc1nc(-c2cocn2)ncc1-c1cc2cnc(Nc3ccc(N(C)C4CCNCC4)cc3)nc2n(Cc2ccccc2C(F)(F)F)c1=O. The zero-order valence-corrected chi connectivity index (χ0v) is 26.7. The third-order valence-electron chi connectivity index (χ3n) is 8.80. The predicted octanol–water partition coefficient (Wildman–Crippen LogP) is 6.21. The van der Waals surface area contributed by atoms with Gasteiger partial charge in [-0.3, -0.25) is 9.36 Å². The van der Waals surface area contributed by atoms with Crippen molar-refractivity contribution in [3.63, 3.8) is 0 Å². The maximum atomic E-state index is 14.2. The van der Waals surface area contributed by atoms with Crippen LogP contribution in [0.2, 0.25) is 0 Å². The minimum absolute atomic E-state index is 0.0773. The number of aromatic nitrogens is 6. The van der Waals surface area contributed by atoms with E-state index in [9.17, 15) is 18.0 Å². The quantitative estimate of drug-likeness (QED) is 0.193. The van der Waals surface area contributed by atoms with Crippen LogP contribution in [-0.2, 0) is 12.7 Å². The summed E-state index contributed by atoms with van der Waals surface area (Å²) in [5, 5.41) is 7.02. The minimum atomic E-state index is -4.62. The number of anilines is 3. The van der Waals surface area contributed by atoms with Gasteiger partial charge in [-0.2, -0.15) is 18.2 Å². The molecule has 1 aliphatic heterocycles. The smallest absolute Gasteiger partial charge is 0.416 e. The summed E-state index contributed by atoms with van der Waals surface area (Å²) in [7, 11) is 2.09. The third kappa shape index (κ3) is 6.59. The molecule has 0 radical (unpaired) electrons. The molecule has 7 rings (SSSR count). The molecule has 0 spiro atoms. The van der Waals surface area contributed by atoms with Gasteiger partial charge in [0, 0.05) is 53.5 Å². The normalized spacial score (nSPS) is 13.9. The number of halogens is 3. The molecule has 0 aliphatic carbocycles. The monoisotopic (exact) mass is 667 g/mol. The van der Waals surface area contributed by atoms with Gasteiger partial charge in [-0.25, -0.2) is 19.9 Å². The third-order valence-corrected chi connectivity index (χ3v) is 8.80. The number of benzene rings is 2. The first-order chi connectivity index (χ1) is 23.7. The van der Waals surface area contributed by atoms with E-state index in [2.05, 4.69) is 47.5 Å². The highest BCUT2D eigenvalue weighted by molar-refractivity contribution is 5.82. The zero-order valence-electron chi connectivity index (χ0n) is 26.7. The fourth-order valence-electron chi connectivity index (χ4n) is 6.16.